The van der Waals surface area contributed by atoms with Crippen molar-refractivity contribution < 1.29 is 9.47 Å². The van der Waals surface area contributed by atoms with Crippen LogP contribution in [0.25, 0.3) is 0 Å². The molecule has 16 heavy (non-hydrogen) atoms. The molecule has 0 aliphatic carbocycles. The van der Waals surface area contributed by atoms with Crippen molar-refractivity contribution in [3.05, 3.63) is 16.1 Å². The quantitative estimate of drug-likeness (QED) is 0.872. The van der Waals surface area contributed by atoms with Gasteiger partial charge in [-0.1, -0.05) is 0 Å². The van der Waals surface area contributed by atoms with Gasteiger partial charge in [-0.2, -0.15) is 0 Å². The van der Waals surface area contributed by atoms with Gasteiger partial charge in [0.05, 0.1) is 18.9 Å². The molecular formula is C11H18N2O2S. The van der Waals surface area contributed by atoms with E-state index >= 15 is 0 Å². The normalized spacial score (nSPS) is 27.2. The van der Waals surface area contributed by atoms with Crippen molar-refractivity contribution in [1.29, 1.82) is 0 Å². The van der Waals surface area contributed by atoms with Crippen molar-refractivity contribution in [2.75, 3.05) is 19.8 Å². The number of ether oxygens (including phenoxy) is 2. The summed E-state index contributed by atoms with van der Waals surface area (Å²) in [4.78, 5) is 4.59. The third kappa shape index (κ3) is 2.43. The highest BCUT2D eigenvalue weighted by Gasteiger charge is 2.28. The van der Waals surface area contributed by atoms with Crippen molar-refractivity contribution in [2.45, 2.75) is 31.9 Å². The molecule has 90 valence electrons. The van der Waals surface area contributed by atoms with Crippen LogP contribution in [0.1, 0.15) is 36.6 Å². The number of thiazole rings is 1. The fourth-order valence-electron chi connectivity index (χ4n) is 1.85. The van der Waals surface area contributed by atoms with Crippen LogP contribution in [-0.4, -0.2) is 30.8 Å². The minimum absolute atomic E-state index is 0.0716. The van der Waals surface area contributed by atoms with E-state index < -0.39 is 0 Å². The molecule has 3 unspecified atom stereocenters. The summed E-state index contributed by atoms with van der Waals surface area (Å²) in [7, 11) is 0. The Bertz CT molecular complexity index is 342. The van der Waals surface area contributed by atoms with E-state index in [-0.39, 0.29) is 18.1 Å². The number of nitrogens with two attached hydrogens (primary N) is 1. The monoisotopic (exact) mass is 242 g/mol. The molecule has 2 N–H and O–H groups in total. The zero-order valence-corrected chi connectivity index (χ0v) is 10.5. The Morgan fingerprint density at radius 3 is 3.12 bits per heavy atom. The molecule has 1 aromatic heterocycles. The van der Waals surface area contributed by atoms with Crippen LogP contribution < -0.4 is 5.73 Å². The zero-order valence-electron chi connectivity index (χ0n) is 9.68. The fourth-order valence-corrected chi connectivity index (χ4v) is 2.74. The molecule has 4 nitrogen and oxygen atoms in total. The molecule has 0 bridgehead atoms. The largest absolute Gasteiger partial charge is 0.379 e. The lowest BCUT2D eigenvalue weighted by molar-refractivity contribution is 0.0760. The van der Waals surface area contributed by atoms with Crippen LogP contribution in [0.3, 0.4) is 0 Å². The molecule has 3 atom stereocenters. The first-order valence-corrected chi connectivity index (χ1v) is 6.50. The Morgan fingerprint density at radius 1 is 1.69 bits per heavy atom. The van der Waals surface area contributed by atoms with Crippen LogP contribution in [0.5, 0.6) is 0 Å². The SMILES string of the molecule is CCOC(C)c1nc(C2COCC2N)cs1. The third-order valence-electron chi connectivity index (χ3n) is 2.81. The molecule has 1 saturated heterocycles. The van der Waals surface area contributed by atoms with Crippen molar-refractivity contribution in [3.63, 3.8) is 0 Å². The molecule has 0 spiro atoms. The van der Waals surface area contributed by atoms with Gasteiger partial charge in [-0.25, -0.2) is 4.98 Å². The number of hydrogen-bond acceptors (Lipinski definition) is 5. The smallest absolute Gasteiger partial charge is 0.121 e. The van der Waals surface area contributed by atoms with E-state index in [1.807, 2.05) is 13.8 Å². The predicted octanol–water partition coefficient (Wildman–Crippen LogP) is 1.68. The lowest BCUT2D eigenvalue weighted by atomic mass is 10.0. The molecule has 1 aliphatic rings. The molecule has 1 aromatic rings. The van der Waals surface area contributed by atoms with Gasteiger partial charge in [-0.3, -0.25) is 0 Å². The van der Waals surface area contributed by atoms with Crippen molar-refractivity contribution in [2.24, 2.45) is 5.73 Å². The Labute approximate surface area is 99.8 Å². The minimum atomic E-state index is 0.0716. The molecule has 2 heterocycles. The maximum atomic E-state index is 5.96. The zero-order chi connectivity index (χ0) is 11.5. The Kier molecular flexibility index (Phi) is 3.91. The average Bonchev–Trinajstić information content (AvgIpc) is 2.86. The molecule has 2 rings (SSSR count). The van der Waals surface area contributed by atoms with E-state index in [0.29, 0.717) is 19.8 Å². The van der Waals surface area contributed by atoms with Crippen LogP contribution >= 0.6 is 11.3 Å². The van der Waals surface area contributed by atoms with Crippen LogP contribution in [0.2, 0.25) is 0 Å². The third-order valence-corrected chi connectivity index (χ3v) is 3.83. The Hall–Kier alpha value is -0.490. The van der Waals surface area contributed by atoms with Gasteiger partial charge in [0.15, 0.2) is 0 Å². The molecule has 0 amide bonds. The summed E-state index contributed by atoms with van der Waals surface area (Å²) in [6.07, 6.45) is 0.0716. The first-order valence-electron chi connectivity index (χ1n) is 5.62. The lowest BCUT2D eigenvalue weighted by Gasteiger charge is -2.10. The van der Waals surface area contributed by atoms with Crippen LogP contribution in [0, 0.1) is 0 Å². The van der Waals surface area contributed by atoms with Crippen molar-refractivity contribution in [3.8, 4) is 0 Å². The van der Waals surface area contributed by atoms with E-state index in [1.165, 1.54) is 0 Å². The highest BCUT2D eigenvalue weighted by Crippen LogP contribution is 2.28. The first-order chi connectivity index (χ1) is 7.72. The lowest BCUT2D eigenvalue weighted by Crippen LogP contribution is -2.27. The van der Waals surface area contributed by atoms with Gasteiger partial charge in [0, 0.05) is 23.9 Å². The topological polar surface area (TPSA) is 57.4 Å². The number of nitrogens with zero attached hydrogens (tertiary/aromatic N) is 1. The van der Waals surface area contributed by atoms with E-state index in [0.717, 1.165) is 10.7 Å². The highest BCUT2D eigenvalue weighted by atomic mass is 32.1. The van der Waals surface area contributed by atoms with Crippen LogP contribution in [-0.2, 0) is 9.47 Å². The number of rotatable bonds is 4. The molecule has 1 fully saturated rings. The summed E-state index contributed by atoms with van der Waals surface area (Å²) in [5.74, 6) is 0.249. The Balaban J connectivity index is 2.06. The summed E-state index contributed by atoms with van der Waals surface area (Å²) in [5.41, 5.74) is 7.02. The second-order valence-electron chi connectivity index (χ2n) is 4.02. The molecule has 5 heteroatoms. The highest BCUT2D eigenvalue weighted by molar-refractivity contribution is 7.09. The maximum Gasteiger partial charge on any atom is 0.121 e. The van der Waals surface area contributed by atoms with Crippen molar-refractivity contribution in [1.82, 2.24) is 4.98 Å². The summed E-state index contributed by atoms with van der Waals surface area (Å²) in [6, 6.07) is 0.0809. The number of aromatic nitrogens is 1. The van der Waals surface area contributed by atoms with E-state index in [9.17, 15) is 0 Å². The summed E-state index contributed by atoms with van der Waals surface area (Å²) in [6.45, 7) is 6.05. The molecule has 0 aromatic carbocycles. The van der Waals surface area contributed by atoms with Gasteiger partial charge in [0.2, 0.25) is 0 Å². The van der Waals surface area contributed by atoms with Gasteiger partial charge < -0.3 is 15.2 Å². The Morgan fingerprint density at radius 2 is 2.50 bits per heavy atom. The fraction of sp³-hybridized carbons (Fsp3) is 0.727. The van der Waals surface area contributed by atoms with Gasteiger partial charge in [0.1, 0.15) is 11.1 Å². The first kappa shape index (κ1) is 12.0. The number of hydrogen-bond donors (Lipinski definition) is 1. The summed E-state index contributed by atoms with van der Waals surface area (Å²) >= 11 is 1.64. The van der Waals surface area contributed by atoms with Gasteiger partial charge in [-0.05, 0) is 13.8 Å². The molecule has 0 radical (unpaired) electrons. The second-order valence-corrected chi connectivity index (χ2v) is 4.91. The second kappa shape index (κ2) is 5.23. The van der Waals surface area contributed by atoms with E-state index in [4.69, 9.17) is 15.2 Å². The van der Waals surface area contributed by atoms with E-state index in [2.05, 4.69) is 10.4 Å². The molecule has 0 saturated carbocycles. The van der Waals surface area contributed by atoms with Gasteiger partial charge in [-0.15, -0.1) is 11.3 Å². The minimum Gasteiger partial charge on any atom is -0.379 e. The summed E-state index contributed by atoms with van der Waals surface area (Å²) < 4.78 is 10.9. The standard InChI is InChI=1S/C11H18N2O2S/c1-3-15-7(2)11-13-10(6-16-11)8-4-14-5-9(8)12/h6-9H,3-5,12H2,1-2H3. The van der Waals surface area contributed by atoms with E-state index in [1.54, 1.807) is 11.3 Å². The predicted molar refractivity (Wildman–Crippen MR) is 63.7 cm³/mol. The van der Waals surface area contributed by atoms with Crippen molar-refractivity contribution >= 4 is 11.3 Å². The van der Waals surface area contributed by atoms with Gasteiger partial charge >= 0.3 is 0 Å². The maximum absolute atomic E-state index is 5.96. The molecular weight excluding hydrogens is 224 g/mol. The van der Waals surface area contributed by atoms with Crippen LogP contribution in [0.4, 0.5) is 0 Å². The average molecular weight is 242 g/mol. The van der Waals surface area contributed by atoms with Gasteiger partial charge in [0.25, 0.3) is 0 Å². The summed E-state index contributed by atoms with van der Waals surface area (Å²) in [5, 5.41) is 3.10. The van der Waals surface area contributed by atoms with Crippen LogP contribution in [0.15, 0.2) is 5.38 Å². The molecule has 1 aliphatic heterocycles.